The van der Waals surface area contributed by atoms with Crippen molar-refractivity contribution in [1.82, 2.24) is 9.62 Å². The number of ether oxygens (including phenoxy) is 1. The van der Waals surface area contributed by atoms with E-state index in [0.717, 1.165) is 29.5 Å². The lowest BCUT2D eigenvalue weighted by molar-refractivity contribution is -0.00126. The molecule has 1 heterocycles. The van der Waals surface area contributed by atoms with Gasteiger partial charge in [-0.1, -0.05) is 60.7 Å². The molecular weight excluding hydrogens is 456 g/mol. The standard InChI is InChI=1S/C29H40N2O3S/c1-8-29(30-35(33)28(5,6)7)18-13-19-31(26(32)34-27(2,3)4)25(29)21-22-14-12-17-24(20-22)23-15-10-9-11-16-23/h8-12,14-17,20,25,30H,1,13,18-19,21H2,2-7H3/t25-,29-,35?/m0/s1. The van der Waals surface area contributed by atoms with Gasteiger partial charge in [-0.2, -0.15) is 0 Å². The number of hydrogen-bond acceptors (Lipinski definition) is 4. The number of nitrogens with zero attached hydrogens (tertiary/aromatic N) is 1. The van der Waals surface area contributed by atoms with Crippen LogP contribution in [0.5, 0.6) is 0 Å². The molecule has 1 aliphatic heterocycles. The SMILES string of the molecule is C=C[C@]1(N[S+]([O-])C(C)(C)C)CCCN(C(=O)OC(C)(C)C)[C@H]1Cc1cccc(-c2ccccc2)c1. The first kappa shape index (κ1) is 27.3. The zero-order chi connectivity index (χ0) is 25.9. The summed E-state index contributed by atoms with van der Waals surface area (Å²) in [4.78, 5) is 15.2. The Morgan fingerprint density at radius 3 is 2.40 bits per heavy atom. The van der Waals surface area contributed by atoms with Gasteiger partial charge in [-0.3, -0.25) is 0 Å². The van der Waals surface area contributed by atoms with Crippen molar-refractivity contribution in [3.63, 3.8) is 0 Å². The molecule has 1 amide bonds. The third-order valence-electron chi connectivity index (χ3n) is 6.25. The highest BCUT2D eigenvalue weighted by molar-refractivity contribution is 7.90. The van der Waals surface area contributed by atoms with Crippen LogP contribution in [-0.2, 0) is 22.5 Å². The molecule has 3 rings (SSSR count). The van der Waals surface area contributed by atoms with E-state index < -0.39 is 27.2 Å². The Hall–Kier alpha value is -2.28. The molecule has 0 radical (unpaired) electrons. The molecule has 0 spiro atoms. The fraction of sp³-hybridized carbons (Fsp3) is 0.483. The Bertz CT molecular complexity index is 1010. The lowest BCUT2D eigenvalue weighted by atomic mass is 9.79. The van der Waals surface area contributed by atoms with E-state index in [0.29, 0.717) is 13.0 Å². The van der Waals surface area contributed by atoms with Crippen LogP contribution in [0.3, 0.4) is 0 Å². The summed E-state index contributed by atoms with van der Waals surface area (Å²) in [6.45, 7) is 16.2. The minimum atomic E-state index is -1.33. The van der Waals surface area contributed by atoms with Crippen LogP contribution in [0.15, 0.2) is 67.3 Å². The van der Waals surface area contributed by atoms with Crippen molar-refractivity contribution in [3.8, 4) is 11.1 Å². The Morgan fingerprint density at radius 1 is 1.14 bits per heavy atom. The summed E-state index contributed by atoms with van der Waals surface area (Å²) in [5.41, 5.74) is 2.05. The smallest absolute Gasteiger partial charge is 0.410 e. The van der Waals surface area contributed by atoms with Gasteiger partial charge >= 0.3 is 6.09 Å². The predicted molar refractivity (Wildman–Crippen MR) is 146 cm³/mol. The number of carbonyl (C=O) groups excluding carboxylic acids is 1. The summed E-state index contributed by atoms with van der Waals surface area (Å²) in [5, 5.41) is 0. The highest BCUT2D eigenvalue weighted by Crippen LogP contribution is 2.35. The third kappa shape index (κ3) is 6.90. The number of amides is 1. The van der Waals surface area contributed by atoms with Crippen molar-refractivity contribution in [2.45, 2.75) is 82.7 Å². The number of hydrogen-bond donors (Lipinski definition) is 1. The number of benzene rings is 2. The van der Waals surface area contributed by atoms with Crippen LogP contribution in [0.25, 0.3) is 11.1 Å². The van der Waals surface area contributed by atoms with Gasteiger partial charge in [0.15, 0.2) is 0 Å². The van der Waals surface area contributed by atoms with Crippen molar-refractivity contribution >= 4 is 17.5 Å². The molecule has 2 aromatic carbocycles. The van der Waals surface area contributed by atoms with E-state index in [4.69, 9.17) is 4.74 Å². The van der Waals surface area contributed by atoms with Gasteiger partial charge in [-0.15, -0.1) is 11.3 Å². The predicted octanol–water partition coefficient (Wildman–Crippen LogP) is 6.27. The zero-order valence-corrected chi connectivity index (χ0v) is 22.8. The molecule has 0 aromatic heterocycles. The molecule has 3 atom stereocenters. The van der Waals surface area contributed by atoms with Crippen LogP contribution in [0.1, 0.15) is 59.9 Å². The van der Waals surface area contributed by atoms with Gasteiger partial charge in [0.25, 0.3) is 0 Å². The Morgan fingerprint density at radius 2 is 1.80 bits per heavy atom. The normalized spacial score (nSPS) is 21.9. The molecule has 5 nitrogen and oxygen atoms in total. The monoisotopic (exact) mass is 496 g/mol. The molecule has 35 heavy (non-hydrogen) atoms. The molecule has 0 bridgehead atoms. The van der Waals surface area contributed by atoms with Gasteiger partial charge in [0, 0.05) is 17.9 Å². The number of carbonyl (C=O) groups is 1. The first-order chi connectivity index (χ1) is 16.3. The largest absolute Gasteiger partial charge is 0.598 e. The Labute approximate surface area is 214 Å². The number of likely N-dealkylation sites (tertiary alicyclic amines) is 1. The third-order valence-corrected chi connectivity index (χ3v) is 7.93. The summed E-state index contributed by atoms with van der Waals surface area (Å²) in [5.74, 6) is 0. The van der Waals surface area contributed by atoms with Crippen LogP contribution in [0.4, 0.5) is 4.79 Å². The molecule has 1 aliphatic rings. The lowest BCUT2D eigenvalue weighted by Gasteiger charge is -2.49. The first-order valence-electron chi connectivity index (χ1n) is 12.3. The van der Waals surface area contributed by atoms with E-state index in [9.17, 15) is 9.35 Å². The maximum absolute atomic E-state index is 13.4. The molecular formula is C29H40N2O3S. The Balaban J connectivity index is 2.01. The van der Waals surface area contributed by atoms with Crippen molar-refractivity contribution in [3.05, 3.63) is 72.8 Å². The van der Waals surface area contributed by atoms with Crippen molar-refractivity contribution in [2.24, 2.45) is 0 Å². The summed E-state index contributed by atoms with van der Waals surface area (Å²) >= 11 is -1.33. The van der Waals surface area contributed by atoms with Crippen LogP contribution in [0.2, 0.25) is 0 Å². The Kier molecular flexibility index (Phi) is 8.40. The first-order valence-corrected chi connectivity index (χ1v) is 13.5. The minimum Gasteiger partial charge on any atom is -0.598 e. The zero-order valence-electron chi connectivity index (χ0n) is 22.0. The van der Waals surface area contributed by atoms with Crippen molar-refractivity contribution in [2.75, 3.05) is 6.54 Å². The highest BCUT2D eigenvalue weighted by atomic mass is 32.2. The molecule has 1 saturated heterocycles. The van der Waals surface area contributed by atoms with Gasteiger partial charge in [-0.25, -0.2) is 4.79 Å². The minimum absolute atomic E-state index is 0.305. The van der Waals surface area contributed by atoms with Gasteiger partial charge < -0.3 is 14.2 Å². The summed E-state index contributed by atoms with van der Waals surface area (Å²) in [7, 11) is 0. The summed E-state index contributed by atoms with van der Waals surface area (Å²) in [6, 6.07) is 18.4. The molecule has 190 valence electrons. The van der Waals surface area contributed by atoms with E-state index in [2.05, 4.69) is 47.7 Å². The molecule has 1 N–H and O–H groups in total. The quantitative estimate of drug-likeness (QED) is 0.378. The van der Waals surface area contributed by atoms with Crippen LogP contribution < -0.4 is 4.72 Å². The van der Waals surface area contributed by atoms with Gasteiger partial charge in [0.05, 0.1) is 6.04 Å². The van der Waals surface area contributed by atoms with Crippen molar-refractivity contribution in [1.29, 1.82) is 0 Å². The van der Waals surface area contributed by atoms with E-state index >= 15 is 0 Å². The van der Waals surface area contributed by atoms with Gasteiger partial charge in [-0.05, 0) is 77.5 Å². The average molecular weight is 497 g/mol. The van der Waals surface area contributed by atoms with Gasteiger partial charge in [0.1, 0.15) is 15.9 Å². The maximum atomic E-state index is 13.4. The highest BCUT2D eigenvalue weighted by Gasteiger charge is 2.49. The van der Waals surface area contributed by atoms with E-state index in [1.54, 1.807) is 4.90 Å². The molecule has 1 unspecified atom stereocenters. The second-order valence-electron chi connectivity index (χ2n) is 11.3. The fourth-order valence-electron chi connectivity index (χ4n) is 4.43. The van der Waals surface area contributed by atoms with E-state index in [1.165, 1.54) is 0 Å². The topological polar surface area (TPSA) is 64.6 Å². The molecule has 0 saturated carbocycles. The number of rotatable bonds is 6. The van der Waals surface area contributed by atoms with Crippen LogP contribution in [-0.4, -0.2) is 44.0 Å². The second-order valence-corrected chi connectivity index (χ2v) is 13.3. The summed E-state index contributed by atoms with van der Waals surface area (Å²) in [6.07, 6.45) is 3.58. The van der Waals surface area contributed by atoms with E-state index in [1.807, 2.05) is 65.8 Å². The molecule has 2 aromatic rings. The fourth-order valence-corrected chi connectivity index (χ4v) is 5.40. The summed E-state index contributed by atoms with van der Waals surface area (Å²) < 4.78 is 22.0. The second kappa shape index (κ2) is 10.8. The lowest BCUT2D eigenvalue weighted by Crippen LogP contribution is -2.67. The van der Waals surface area contributed by atoms with Crippen molar-refractivity contribution < 1.29 is 14.1 Å². The maximum Gasteiger partial charge on any atom is 0.410 e. The molecule has 1 fully saturated rings. The number of nitrogens with one attached hydrogen (secondary N) is 1. The molecule has 0 aliphatic carbocycles. The van der Waals surface area contributed by atoms with Crippen LogP contribution in [0, 0.1) is 0 Å². The number of piperidine rings is 1. The average Bonchev–Trinajstić information content (AvgIpc) is 2.79. The molecule has 6 heteroatoms. The van der Waals surface area contributed by atoms with Gasteiger partial charge in [0.2, 0.25) is 0 Å². The van der Waals surface area contributed by atoms with E-state index in [-0.39, 0.29) is 12.1 Å². The van der Waals surface area contributed by atoms with Crippen LogP contribution >= 0.6 is 0 Å².